The summed E-state index contributed by atoms with van der Waals surface area (Å²) in [5.74, 6) is 1.04. The Morgan fingerprint density at radius 2 is 2.58 bits per heavy atom. The van der Waals surface area contributed by atoms with Crippen molar-refractivity contribution in [1.82, 2.24) is 9.97 Å². The van der Waals surface area contributed by atoms with Crippen LogP contribution in [0.5, 0.6) is 0 Å². The fourth-order valence-electron chi connectivity index (χ4n) is 1.53. The fraction of sp³-hybridized carbons (Fsp3) is 0.385. The lowest BCUT2D eigenvalue weighted by atomic mass is 10.3. The number of hydrogen-bond donors (Lipinski definition) is 2. The first-order chi connectivity index (χ1) is 11.1. The summed E-state index contributed by atoms with van der Waals surface area (Å²) < 4.78 is 39.9. The molecular formula is C13H17N3O2S. The van der Waals surface area contributed by atoms with Crippen molar-refractivity contribution < 1.29 is 16.4 Å². The number of carbonyl (C=O) groups is 1. The Bertz CT molecular complexity index is 732. The van der Waals surface area contributed by atoms with Crippen LogP contribution in [0.25, 0.3) is 11.0 Å². The van der Waals surface area contributed by atoms with Gasteiger partial charge in [0.05, 0.1) is 20.3 Å². The lowest BCUT2D eigenvalue weighted by Crippen LogP contribution is -2.14. The molecular weight excluding hydrogens is 262 g/mol. The molecule has 0 aliphatic carbocycles. The molecule has 102 valence electrons. The Balaban J connectivity index is 2.08. The summed E-state index contributed by atoms with van der Waals surface area (Å²) in [6, 6.07) is 5.60. The first kappa shape index (κ1) is 8.47. The average molecular weight is 284 g/mol. The quantitative estimate of drug-likeness (QED) is 0.823. The molecule has 2 N–H and O–H groups in total. The number of benzene rings is 1. The van der Waals surface area contributed by atoms with Gasteiger partial charge in [0.2, 0.25) is 5.95 Å². The summed E-state index contributed by atoms with van der Waals surface area (Å²) in [4.78, 5) is 19.7. The number of amides is 1. The number of hydrogen-bond acceptors (Lipinski definition) is 4. The molecule has 0 atom stereocenters. The standard InChI is InChI=1S/C13H17N3O2S/c1-3-7-19-9-5-6-10-11(8-9)15-12(14-10)16-13(17)18-4-2/h5-6,8H,3-4,7H2,1-2H3,(H2,14,15,16,17)/i2D3,4D2. The van der Waals surface area contributed by atoms with E-state index in [0.717, 1.165) is 17.1 Å². The van der Waals surface area contributed by atoms with Crippen LogP contribution in [-0.2, 0) is 4.74 Å². The maximum atomic E-state index is 11.7. The fourth-order valence-corrected chi connectivity index (χ4v) is 2.33. The average Bonchev–Trinajstić information content (AvgIpc) is 2.84. The summed E-state index contributed by atoms with van der Waals surface area (Å²) in [5.41, 5.74) is 1.32. The second-order valence-electron chi connectivity index (χ2n) is 3.73. The number of rotatable bonds is 5. The molecule has 1 aromatic heterocycles. The highest BCUT2D eigenvalue weighted by molar-refractivity contribution is 7.99. The molecule has 5 nitrogen and oxygen atoms in total. The van der Waals surface area contributed by atoms with Crippen molar-refractivity contribution in [2.24, 2.45) is 0 Å². The molecule has 0 aliphatic rings. The molecule has 19 heavy (non-hydrogen) atoms. The van der Waals surface area contributed by atoms with Crippen molar-refractivity contribution in [2.75, 3.05) is 17.6 Å². The van der Waals surface area contributed by atoms with Gasteiger partial charge in [0.25, 0.3) is 0 Å². The lowest BCUT2D eigenvalue weighted by molar-refractivity contribution is 0.167. The van der Waals surface area contributed by atoms with E-state index in [2.05, 4.69) is 26.9 Å². The summed E-state index contributed by atoms with van der Waals surface area (Å²) in [6.45, 7) is -4.08. The number of aromatic amines is 1. The minimum Gasteiger partial charge on any atom is -0.450 e. The van der Waals surface area contributed by atoms with Crippen molar-refractivity contribution in [2.45, 2.75) is 25.1 Å². The minimum absolute atomic E-state index is 0.0500. The van der Waals surface area contributed by atoms with Crippen LogP contribution >= 0.6 is 11.8 Å². The second-order valence-corrected chi connectivity index (χ2v) is 4.90. The van der Waals surface area contributed by atoms with Gasteiger partial charge in [0.15, 0.2) is 0 Å². The summed E-state index contributed by atoms with van der Waals surface area (Å²) in [5, 5.41) is 2.20. The third-order valence-electron chi connectivity index (χ3n) is 2.29. The number of nitrogens with zero attached hydrogens (tertiary/aromatic N) is 1. The van der Waals surface area contributed by atoms with Gasteiger partial charge in [-0.05, 0) is 37.2 Å². The van der Waals surface area contributed by atoms with Crippen LogP contribution < -0.4 is 5.32 Å². The molecule has 6 heteroatoms. The largest absolute Gasteiger partial charge is 0.450 e. The van der Waals surface area contributed by atoms with E-state index in [-0.39, 0.29) is 5.95 Å². The van der Waals surface area contributed by atoms with Crippen LogP contribution in [0.4, 0.5) is 10.7 Å². The number of thioether (sulfide) groups is 1. The normalized spacial score (nSPS) is 15.9. The minimum atomic E-state index is -3.09. The topological polar surface area (TPSA) is 67.0 Å². The molecule has 0 fully saturated rings. The van der Waals surface area contributed by atoms with Crippen molar-refractivity contribution in [3.05, 3.63) is 18.2 Å². The van der Waals surface area contributed by atoms with Crippen LogP contribution in [0.3, 0.4) is 0 Å². The van der Waals surface area contributed by atoms with Crippen LogP contribution in [0, 0.1) is 0 Å². The molecule has 2 aromatic rings. The van der Waals surface area contributed by atoms with E-state index in [1.54, 1.807) is 17.8 Å². The van der Waals surface area contributed by atoms with E-state index in [4.69, 9.17) is 6.85 Å². The van der Waals surface area contributed by atoms with Crippen LogP contribution in [-0.4, -0.2) is 28.4 Å². The van der Waals surface area contributed by atoms with Crippen LogP contribution in [0.2, 0.25) is 0 Å². The zero-order valence-corrected chi connectivity index (χ0v) is 11.1. The molecule has 1 aromatic carbocycles. The number of nitrogens with one attached hydrogen (secondary N) is 2. The number of fused-ring (bicyclic) bond motifs is 1. The number of carbonyl (C=O) groups excluding carboxylic acids is 1. The van der Waals surface area contributed by atoms with Gasteiger partial charge in [-0.25, -0.2) is 9.78 Å². The predicted octanol–water partition coefficient (Wildman–Crippen LogP) is 3.63. The molecule has 0 aliphatic heterocycles. The van der Waals surface area contributed by atoms with E-state index in [9.17, 15) is 4.79 Å². The maximum absolute atomic E-state index is 11.7. The molecule has 0 spiro atoms. The van der Waals surface area contributed by atoms with Crippen LogP contribution in [0.1, 0.15) is 27.1 Å². The summed E-state index contributed by atoms with van der Waals surface area (Å²) >= 11 is 1.70. The Hall–Kier alpha value is -1.69. The van der Waals surface area contributed by atoms with E-state index >= 15 is 0 Å². The summed E-state index contributed by atoms with van der Waals surface area (Å²) in [6.07, 6.45) is -0.189. The predicted molar refractivity (Wildman–Crippen MR) is 77.8 cm³/mol. The Labute approximate surface area is 123 Å². The van der Waals surface area contributed by atoms with E-state index < -0.39 is 19.5 Å². The zero-order chi connectivity index (χ0) is 18.0. The smallest absolute Gasteiger partial charge is 0.413 e. The molecule has 0 unspecified atom stereocenters. The Kier molecular flexibility index (Phi) is 2.89. The molecule has 1 amide bonds. The van der Waals surface area contributed by atoms with Gasteiger partial charge in [-0.15, -0.1) is 11.8 Å². The first-order valence-corrected chi connectivity index (χ1v) is 6.73. The highest BCUT2D eigenvalue weighted by Crippen LogP contribution is 2.23. The first-order valence-electron chi connectivity index (χ1n) is 8.25. The Morgan fingerprint density at radius 3 is 3.37 bits per heavy atom. The van der Waals surface area contributed by atoms with E-state index in [1.807, 2.05) is 12.1 Å². The SMILES string of the molecule is [2H]C([2H])([2H])C([2H])([2H])OC(=O)Nc1nc2ccc(SCCC)cc2[nH]1. The molecule has 0 saturated heterocycles. The third-order valence-corrected chi connectivity index (χ3v) is 3.49. The van der Waals surface area contributed by atoms with Gasteiger partial charge in [-0.1, -0.05) is 6.92 Å². The monoisotopic (exact) mass is 284 g/mol. The van der Waals surface area contributed by atoms with Gasteiger partial charge in [0, 0.05) is 9.01 Å². The van der Waals surface area contributed by atoms with Crippen molar-refractivity contribution in [3.63, 3.8) is 0 Å². The van der Waals surface area contributed by atoms with Crippen LogP contribution in [0.15, 0.2) is 23.1 Å². The van der Waals surface area contributed by atoms with Gasteiger partial charge in [0.1, 0.15) is 0 Å². The number of H-pyrrole nitrogens is 1. The van der Waals surface area contributed by atoms with Crippen molar-refractivity contribution >= 4 is 34.8 Å². The van der Waals surface area contributed by atoms with E-state index in [0.29, 0.717) is 11.0 Å². The Morgan fingerprint density at radius 1 is 1.68 bits per heavy atom. The van der Waals surface area contributed by atoms with Gasteiger partial charge in [-0.2, -0.15) is 0 Å². The van der Waals surface area contributed by atoms with Gasteiger partial charge >= 0.3 is 6.09 Å². The number of aromatic nitrogens is 2. The molecule has 1 heterocycles. The number of ether oxygens (including phenoxy) is 1. The number of imidazole rings is 1. The number of anilines is 1. The van der Waals surface area contributed by atoms with Gasteiger partial charge < -0.3 is 9.72 Å². The summed E-state index contributed by atoms with van der Waals surface area (Å²) in [7, 11) is 0. The lowest BCUT2D eigenvalue weighted by Gasteiger charge is -2.00. The second kappa shape index (κ2) is 6.47. The van der Waals surface area contributed by atoms with E-state index in [1.165, 1.54) is 0 Å². The molecule has 0 radical (unpaired) electrons. The molecule has 2 rings (SSSR count). The highest BCUT2D eigenvalue weighted by Gasteiger charge is 2.07. The molecule has 0 saturated carbocycles. The third kappa shape index (κ3) is 3.64. The molecule has 0 bridgehead atoms. The van der Waals surface area contributed by atoms with Crippen molar-refractivity contribution in [3.8, 4) is 0 Å². The van der Waals surface area contributed by atoms with Gasteiger partial charge in [-0.3, -0.25) is 5.32 Å². The highest BCUT2D eigenvalue weighted by atomic mass is 32.2. The zero-order valence-electron chi connectivity index (χ0n) is 15.3. The maximum Gasteiger partial charge on any atom is 0.413 e. The van der Waals surface area contributed by atoms with Crippen molar-refractivity contribution in [1.29, 1.82) is 0 Å².